The van der Waals surface area contributed by atoms with Crippen LogP contribution in [-0.4, -0.2) is 6.04 Å². The summed E-state index contributed by atoms with van der Waals surface area (Å²) in [5, 5.41) is 0. The van der Waals surface area contributed by atoms with Gasteiger partial charge in [0.1, 0.15) is 5.82 Å². The van der Waals surface area contributed by atoms with E-state index in [1.165, 1.54) is 50.7 Å². The molecule has 1 aromatic carbocycles. The van der Waals surface area contributed by atoms with Gasteiger partial charge in [-0.2, -0.15) is 0 Å². The Balaban J connectivity index is 1.78. The average molecular weight is 328 g/mol. The minimum absolute atomic E-state index is 0.184. The largest absolute Gasteiger partial charge is 0.327 e. The Morgan fingerprint density at radius 3 is 2.68 bits per heavy atom. The molecule has 1 aromatic rings. The summed E-state index contributed by atoms with van der Waals surface area (Å²) in [5.41, 5.74) is 7.32. The van der Waals surface area contributed by atoms with E-state index >= 15 is 0 Å². The monoisotopic (exact) mass is 327 g/mol. The molecule has 0 aromatic heterocycles. The van der Waals surface area contributed by atoms with Gasteiger partial charge in [0.2, 0.25) is 0 Å². The van der Waals surface area contributed by atoms with Gasteiger partial charge in [-0.3, -0.25) is 0 Å². The predicted molar refractivity (Wildman–Crippen MR) is 81.6 cm³/mol. The zero-order valence-electron chi connectivity index (χ0n) is 11.4. The smallest absolute Gasteiger partial charge is 0.124 e. The first-order valence-corrected chi connectivity index (χ1v) is 8.14. The van der Waals surface area contributed by atoms with Gasteiger partial charge in [0.25, 0.3) is 0 Å². The van der Waals surface area contributed by atoms with Crippen LogP contribution in [0.2, 0.25) is 0 Å². The van der Waals surface area contributed by atoms with E-state index in [4.69, 9.17) is 5.73 Å². The lowest BCUT2D eigenvalue weighted by atomic mass is 9.85. The Kier molecular flexibility index (Phi) is 5.83. The number of nitrogens with two attached hydrogens (primary N) is 1. The van der Waals surface area contributed by atoms with Gasteiger partial charge in [0.05, 0.1) is 0 Å². The molecule has 0 bridgehead atoms. The van der Waals surface area contributed by atoms with Gasteiger partial charge in [-0.1, -0.05) is 54.1 Å². The van der Waals surface area contributed by atoms with Crippen molar-refractivity contribution < 1.29 is 4.39 Å². The summed E-state index contributed by atoms with van der Waals surface area (Å²) in [6, 6.07) is 5.04. The summed E-state index contributed by atoms with van der Waals surface area (Å²) < 4.78 is 13.8. The van der Waals surface area contributed by atoms with Crippen LogP contribution in [-0.2, 0) is 6.42 Å². The summed E-state index contributed by atoms with van der Waals surface area (Å²) in [4.78, 5) is 0. The molecule has 3 heteroatoms. The fraction of sp³-hybridized carbons (Fsp3) is 0.625. The normalized spacial score (nSPS) is 18.5. The van der Waals surface area contributed by atoms with E-state index in [1.54, 1.807) is 0 Å². The molecule has 1 unspecified atom stereocenters. The summed E-state index contributed by atoms with van der Waals surface area (Å²) in [5.74, 6) is 0.683. The Morgan fingerprint density at radius 2 is 2.00 bits per heavy atom. The van der Waals surface area contributed by atoms with Crippen molar-refractivity contribution in [3.05, 3.63) is 34.1 Å². The summed E-state index contributed by atoms with van der Waals surface area (Å²) in [7, 11) is 0. The van der Waals surface area contributed by atoms with Crippen LogP contribution in [0, 0.1) is 11.7 Å². The third-order valence-electron chi connectivity index (χ3n) is 4.17. The standard InChI is InChI=1S/C16H23BrFN/c17-16-11-14(18)8-7-13(16)10-15(19)9-6-12-4-2-1-3-5-12/h7-8,11-12,15H,1-6,9-10,19H2. The van der Waals surface area contributed by atoms with Gasteiger partial charge in [-0.05, 0) is 42.9 Å². The fourth-order valence-electron chi connectivity index (χ4n) is 3.00. The highest BCUT2D eigenvalue weighted by Crippen LogP contribution is 2.28. The van der Waals surface area contributed by atoms with Gasteiger partial charge < -0.3 is 5.73 Å². The highest BCUT2D eigenvalue weighted by molar-refractivity contribution is 9.10. The molecule has 106 valence electrons. The molecule has 0 heterocycles. The van der Waals surface area contributed by atoms with Crippen LogP contribution in [0.1, 0.15) is 50.5 Å². The van der Waals surface area contributed by atoms with Gasteiger partial charge in [-0.25, -0.2) is 4.39 Å². The van der Waals surface area contributed by atoms with E-state index in [-0.39, 0.29) is 11.9 Å². The zero-order chi connectivity index (χ0) is 13.7. The lowest BCUT2D eigenvalue weighted by Crippen LogP contribution is -2.24. The van der Waals surface area contributed by atoms with Crippen LogP contribution in [0.4, 0.5) is 4.39 Å². The van der Waals surface area contributed by atoms with Crippen molar-refractivity contribution in [2.45, 2.75) is 57.4 Å². The van der Waals surface area contributed by atoms with E-state index in [9.17, 15) is 4.39 Å². The first kappa shape index (κ1) is 15.0. The van der Waals surface area contributed by atoms with Gasteiger partial charge in [0.15, 0.2) is 0 Å². The van der Waals surface area contributed by atoms with E-state index in [2.05, 4.69) is 15.9 Å². The van der Waals surface area contributed by atoms with E-state index in [0.29, 0.717) is 0 Å². The van der Waals surface area contributed by atoms with Crippen LogP contribution in [0.5, 0.6) is 0 Å². The first-order chi connectivity index (χ1) is 9.15. The number of halogens is 2. The molecule has 1 saturated carbocycles. The van der Waals surface area contributed by atoms with Crippen molar-refractivity contribution in [2.75, 3.05) is 0 Å². The topological polar surface area (TPSA) is 26.0 Å². The van der Waals surface area contributed by atoms with Crippen molar-refractivity contribution in [3.8, 4) is 0 Å². The quantitative estimate of drug-likeness (QED) is 0.824. The third kappa shape index (κ3) is 4.88. The highest BCUT2D eigenvalue weighted by Gasteiger charge is 2.15. The molecule has 0 saturated heterocycles. The molecule has 0 radical (unpaired) electrons. The highest BCUT2D eigenvalue weighted by atomic mass is 79.9. The van der Waals surface area contributed by atoms with Crippen LogP contribution >= 0.6 is 15.9 Å². The molecule has 0 aliphatic heterocycles. The zero-order valence-corrected chi connectivity index (χ0v) is 13.0. The number of hydrogen-bond acceptors (Lipinski definition) is 1. The molecule has 1 aliphatic carbocycles. The summed E-state index contributed by atoms with van der Waals surface area (Å²) in [6.07, 6.45) is 10.1. The first-order valence-electron chi connectivity index (χ1n) is 7.34. The summed E-state index contributed by atoms with van der Waals surface area (Å²) >= 11 is 3.41. The molecule has 19 heavy (non-hydrogen) atoms. The molecule has 1 aliphatic rings. The van der Waals surface area contributed by atoms with Gasteiger partial charge in [-0.15, -0.1) is 0 Å². The number of rotatable bonds is 5. The van der Waals surface area contributed by atoms with Crippen LogP contribution in [0.15, 0.2) is 22.7 Å². The van der Waals surface area contributed by atoms with Crippen molar-refractivity contribution >= 4 is 15.9 Å². The Bertz CT molecular complexity index is 402. The van der Waals surface area contributed by atoms with Crippen molar-refractivity contribution in [2.24, 2.45) is 11.7 Å². The molecule has 0 spiro atoms. The van der Waals surface area contributed by atoms with Crippen molar-refractivity contribution in [3.63, 3.8) is 0 Å². The van der Waals surface area contributed by atoms with Crippen LogP contribution < -0.4 is 5.73 Å². The SMILES string of the molecule is NC(CCC1CCCCC1)Cc1ccc(F)cc1Br. The van der Waals surface area contributed by atoms with E-state index in [1.807, 2.05) is 6.07 Å². The second-order valence-electron chi connectivity index (χ2n) is 5.78. The average Bonchev–Trinajstić information content (AvgIpc) is 2.41. The minimum Gasteiger partial charge on any atom is -0.327 e. The second-order valence-corrected chi connectivity index (χ2v) is 6.64. The maximum Gasteiger partial charge on any atom is 0.124 e. The van der Waals surface area contributed by atoms with Crippen molar-refractivity contribution in [1.29, 1.82) is 0 Å². The number of hydrogen-bond donors (Lipinski definition) is 1. The Hall–Kier alpha value is -0.410. The Labute approximate surface area is 123 Å². The maximum atomic E-state index is 13.0. The van der Waals surface area contributed by atoms with Crippen molar-refractivity contribution in [1.82, 2.24) is 0 Å². The molecule has 1 atom stereocenters. The fourth-order valence-corrected chi connectivity index (χ4v) is 3.51. The minimum atomic E-state index is -0.202. The maximum absolute atomic E-state index is 13.0. The molecular weight excluding hydrogens is 305 g/mol. The molecular formula is C16H23BrFN. The lowest BCUT2D eigenvalue weighted by Gasteiger charge is -2.23. The van der Waals surface area contributed by atoms with Gasteiger partial charge >= 0.3 is 0 Å². The second kappa shape index (κ2) is 7.39. The molecule has 0 amide bonds. The van der Waals surface area contributed by atoms with E-state index in [0.717, 1.165) is 28.8 Å². The lowest BCUT2D eigenvalue weighted by molar-refractivity contribution is 0.323. The molecule has 2 rings (SSSR count). The molecule has 1 nitrogen and oxygen atoms in total. The summed E-state index contributed by atoms with van der Waals surface area (Å²) in [6.45, 7) is 0. The molecule has 2 N–H and O–H groups in total. The number of benzene rings is 1. The predicted octanol–water partition coefficient (Wildman–Crippen LogP) is 4.82. The molecule has 1 fully saturated rings. The Morgan fingerprint density at radius 1 is 1.26 bits per heavy atom. The van der Waals surface area contributed by atoms with Crippen LogP contribution in [0.3, 0.4) is 0 Å². The van der Waals surface area contributed by atoms with E-state index < -0.39 is 0 Å². The van der Waals surface area contributed by atoms with Crippen LogP contribution in [0.25, 0.3) is 0 Å². The van der Waals surface area contributed by atoms with Gasteiger partial charge in [0, 0.05) is 10.5 Å². The third-order valence-corrected chi connectivity index (χ3v) is 4.91.